The van der Waals surface area contributed by atoms with Gasteiger partial charge < -0.3 is 40.0 Å². The number of carbonyl (C=O) groups excluding carboxylic acids is 2. The van der Waals surface area contributed by atoms with Crippen LogP contribution in [0.5, 0.6) is 0 Å². The van der Waals surface area contributed by atoms with E-state index in [-0.39, 0.29) is 50.9 Å². The maximum Gasteiger partial charge on any atom is 0.551 e. The molecule has 0 aromatic carbocycles. The van der Waals surface area contributed by atoms with Gasteiger partial charge in [-0.2, -0.15) is 0 Å². The van der Waals surface area contributed by atoms with Gasteiger partial charge in [0.1, 0.15) is 6.23 Å². The van der Waals surface area contributed by atoms with Crippen molar-refractivity contribution >= 4 is 54.8 Å². The molecule has 218 valence electrons. The molecule has 16 heteroatoms. The normalized spacial score (nSPS) is 18.4. The van der Waals surface area contributed by atoms with Crippen molar-refractivity contribution in [2.24, 2.45) is 0 Å². The van der Waals surface area contributed by atoms with E-state index < -0.39 is 62.9 Å². The largest absolute Gasteiger partial charge is 0.551 e. The van der Waals surface area contributed by atoms with Gasteiger partial charge in [-0.1, -0.05) is 12.1 Å². The first-order chi connectivity index (χ1) is 19.1. The number of hydrogen-bond donors (Lipinski definition) is 7. The monoisotopic (exact) mass is 596 g/mol. The second kappa shape index (κ2) is 16.2. The molecule has 0 aliphatic carbocycles. The third-order valence-corrected chi connectivity index (χ3v) is 8.10. The number of carboxylic acid groups (broad SMARTS) is 1. The molecule has 0 saturated carbocycles. The van der Waals surface area contributed by atoms with Crippen molar-refractivity contribution in [1.29, 1.82) is 0 Å². The number of rotatable bonds is 17. The van der Waals surface area contributed by atoms with Crippen molar-refractivity contribution in [2.45, 2.75) is 81.7 Å². The fourth-order valence-electron chi connectivity index (χ4n) is 4.37. The molecule has 0 spiro atoms. The Balaban J connectivity index is 1.60. The first kappa shape index (κ1) is 32.2. The maximum absolute atomic E-state index is 12.7. The Kier molecular flexibility index (Phi) is 13.1. The molecule has 1 amide bonds. The topological polar surface area (TPSA) is 195 Å². The zero-order chi connectivity index (χ0) is 29.1. The van der Waals surface area contributed by atoms with Crippen molar-refractivity contribution in [3.63, 3.8) is 0 Å². The van der Waals surface area contributed by atoms with E-state index in [1.165, 1.54) is 22.7 Å². The number of aliphatic hydroxyl groups excluding tert-OH is 2. The molecule has 1 aliphatic rings. The number of thiophene rings is 2. The summed E-state index contributed by atoms with van der Waals surface area (Å²) in [5.41, 5.74) is 0. The number of aliphatic carboxylic acids is 1. The van der Waals surface area contributed by atoms with Crippen LogP contribution in [0.25, 0.3) is 0 Å². The minimum atomic E-state index is -1.77. The molecule has 2 aromatic heterocycles. The third-order valence-electron chi connectivity index (χ3n) is 6.32. The van der Waals surface area contributed by atoms with Crippen LogP contribution in [0.15, 0.2) is 35.0 Å². The summed E-state index contributed by atoms with van der Waals surface area (Å²) in [6, 6.07) is 7.33. The van der Waals surface area contributed by atoms with Crippen LogP contribution < -0.4 is 10.6 Å². The van der Waals surface area contributed by atoms with E-state index in [2.05, 4.69) is 10.6 Å². The molecule has 7 N–H and O–H groups in total. The minimum Gasteiger partial charge on any atom is -0.508 e. The summed E-state index contributed by atoms with van der Waals surface area (Å²) in [5.74, 6) is -3.85. The maximum atomic E-state index is 12.7. The molecule has 3 rings (SSSR count). The van der Waals surface area contributed by atoms with E-state index in [9.17, 15) is 34.6 Å². The van der Waals surface area contributed by atoms with Crippen LogP contribution in [-0.4, -0.2) is 87.8 Å². The zero-order valence-electron chi connectivity index (χ0n) is 21.8. The van der Waals surface area contributed by atoms with Crippen molar-refractivity contribution in [3.05, 3.63) is 44.8 Å². The molecule has 1 aliphatic heterocycles. The van der Waals surface area contributed by atoms with E-state index >= 15 is 0 Å². The molecule has 12 nitrogen and oxygen atoms in total. The van der Waals surface area contributed by atoms with Crippen molar-refractivity contribution in [1.82, 2.24) is 10.6 Å². The predicted molar refractivity (Wildman–Crippen MR) is 149 cm³/mol. The minimum absolute atomic E-state index is 0.0170. The fraction of sp³-hybridized carbons (Fsp3) is 0.542. The quantitative estimate of drug-likeness (QED) is 0.0969. The zero-order valence-corrected chi connectivity index (χ0v) is 23.4. The number of carboxylic acids is 1. The Morgan fingerprint density at radius 1 is 1.10 bits per heavy atom. The molecule has 1 saturated heterocycles. The van der Waals surface area contributed by atoms with Gasteiger partial charge in [0.15, 0.2) is 0 Å². The Bertz CT molecular complexity index is 1060. The summed E-state index contributed by atoms with van der Waals surface area (Å²) in [6.45, 7) is 0. The van der Waals surface area contributed by atoms with Crippen molar-refractivity contribution in [3.8, 4) is 0 Å². The molecular formula is C24H34B2N2O10S2. The summed E-state index contributed by atoms with van der Waals surface area (Å²) in [7, 11) is -2.96. The van der Waals surface area contributed by atoms with Gasteiger partial charge in [-0.25, -0.2) is 0 Å². The van der Waals surface area contributed by atoms with E-state index in [1.807, 2.05) is 29.0 Å². The highest BCUT2D eigenvalue weighted by Crippen LogP contribution is 2.22. The SMILES string of the molecule is O=C(O)C[C@@H](O)CC[C@H](NC(=O)Cc1cccs1)B1OC(=O)C[C@H](CC[C@H](NC(O)Cc2cccs2)B(O)O)O1. The second-order valence-corrected chi connectivity index (χ2v) is 11.7. The standard InChI is InChI=1S/C24H34B2N2O10S2/c29-15(11-23(32)33)5-7-20(28-22(31)14-18-4-2-10-40-18)26-37-16(12-24(34)38-26)6-8-19(25(35)36)27-21(30)13-17-3-1-9-39-17/h1-4,9-10,15-16,19-21,27,29-30,35-36H,5-8,11-14H2,(H,28,31)(H,32,33)/t15-,16-,19-,20-,21?/m0/s1. The van der Waals surface area contributed by atoms with Gasteiger partial charge in [-0.3, -0.25) is 19.7 Å². The summed E-state index contributed by atoms with van der Waals surface area (Å²) in [5, 5.41) is 58.3. The average molecular weight is 596 g/mol. The van der Waals surface area contributed by atoms with Crippen LogP contribution in [0, 0.1) is 0 Å². The number of amides is 1. The summed E-state index contributed by atoms with van der Waals surface area (Å²) in [4.78, 5) is 37.9. The lowest BCUT2D eigenvalue weighted by Gasteiger charge is -2.33. The molecule has 40 heavy (non-hydrogen) atoms. The number of aliphatic hydroxyl groups is 2. The highest BCUT2D eigenvalue weighted by atomic mass is 32.1. The average Bonchev–Trinajstić information content (AvgIpc) is 3.58. The molecule has 0 bridgehead atoms. The first-order valence-electron chi connectivity index (χ1n) is 13.0. The molecule has 5 atom stereocenters. The van der Waals surface area contributed by atoms with E-state index in [0.717, 1.165) is 9.75 Å². The van der Waals surface area contributed by atoms with Crippen LogP contribution in [0.4, 0.5) is 0 Å². The summed E-state index contributed by atoms with van der Waals surface area (Å²) < 4.78 is 11.4. The van der Waals surface area contributed by atoms with Crippen LogP contribution in [-0.2, 0) is 36.5 Å². The van der Waals surface area contributed by atoms with E-state index in [0.29, 0.717) is 0 Å². The number of hydrogen-bond acceptors (Lipinski definition) is 12. The Hall–Kier alpha value is -2.30. The van der Waals surface area contributed by atoms with Crippen LogP contribution >= 0.6 is 22.7 Å². The lowest BCUT2D eigenvalue weighted by Crippen LogP contribution is -2.55. The lowest BCUT2D eigenvalue weighted by atomic mass is 9.72. The molecule has 3 heterocycles. The van der Waals surface area contributed by atoms with Gasteiger partial charge in [0.25, 0.3) is 5.97 Å². The summed E-state index contributed by atoms with van der Waals surface area (Å²) in [6.07, 6.45) is -2.59. The predicted octanol–water partition coefficient (Wildman–Crippen LogP) is 0.124. The van der Waals surface area contributed by atoms with E-state index in [1.54, 1.807) is 6.07 Å². The molecular weight excluding hydrogens is 562 g/mol. The van der Waals surface area contributed by atoms with Gasteiger partial charge in [0, 0.05) is 22.1 Å². The Labute approximate surface area is 240 Å². The van der Waals surface area contributed by atoms with Crippen molar-refractivity contribution < 1.29 is 49.1 Å². The van der Waals surface area contributed by atoms with Gasteiger partial charge >= 0.3 is 20.2 Å². The van der Waals surface area contributed by atoms with Gasteiger partial charge in [0.05, 0.1) is 37.4 Å². The van der Waals surface area contributed by atoms with Crippen LogP contribution in [0.1, 0.15) is 48.3 Å². The van der Waals surface area contributed by atoms with Gasteiger partial charge in [0.2, 0.25) is 5.91 Å². The third kappa shape index (κ3) is 11.3. The number of nitrogens with one attached hydrogen (secondary N) is 2. The highest BCUT2D eigenvalue weighted by Gasteiger charge is 2.42. The lowest BCUT2D eigenvalue weighted by molar-refractivity contribution is -0.143. The first-order valence-corrected chi connectivity index (χ1v) is 14.7. The molecule has 1 fully saturated rings. The smallest absolute Gasteiger partial charge is 0.508 e. The molecule has 2 aromatic rings. The summed E-state index contributed by atoms with van der Waals surface area (Å²) >= 11 is 2.88. The van der Waals surface area contributed by atoms with Gasteiger partial charge in [-0.05, 0) is 48.6 Å². The Morgan fingerprint density at radius 2 is 1.80 bits per heavy atom. The van der Waals surface area contributed by atoms with Gasteiger partial charge in [-0.15, -0.1) is 22.7 Å². The van der Waals surface area contributed by atoms with Crippen LogP contribution in [0.3, 0.4) is 0 Å². The fourth-order valence-corrected chi connectivity index (χ4v) is 5.81. The second-order valence-electron chi connectivity index (χ2n) is 9.64. The molecule has 0 radical (unpaired) electrons. The molecule has 1 unspecified atom stereocenters. The van der Waals surface area contributed by atoms with Crippen LogP contribution in [0.2, 0.25) is 0 Å². The highest BCUT2D eigenvalue weighted by molar-refractivity contribution is 7.10. The number of carbonyl (C=O) groups is 3. The Morgan fingerprint density at radius 3 is 2.42 bits per heavy atom. The van der Waals surface area contributed by atoms with E-state index in [4.69, 9.17) is 14.4 Å². The van der Waals surface area contributed by atoms with Crippen molar-refractivity contribution in [2.75, 3.05) is 0 Å².